The Labute approximate surface area is 172 Å². The predicted octanol–water partition coefficient (Wildman–Crippen LogP) is 4.86. The number of carbonyl (C=O) groups excluding carboxylic acids is 2. The second-order valence-electron chi connectivity index (χ2n) is 7.51. The van der Waals surface area contributed by atoms with Crippen molar-refractivity contribution in [1.29, 1.82) is 0 Å². The average molecular weight is 395 g/mol. The second-order valence-corrected chi connectivity index (χ2v) is 7.51. The zero-order valence-corrected chi connectivity index (χ0v) is 17.9. The lowest BCUT2D eigenvalue weighted by Gasteiger charge is -2.16. The summed E-state index contributed by atoms with van der Waals surface area (Å²) in [5.74, 6) is 1.14. The Hall–Kier alpha value is -3.08. The minimum absolute atomic E-state index is 0.00562. The van der Waals surface area contributed by atoms with Gasteiger partial charge in [-0.25, -0.2) is 0 Å². The maximum absolute atomic E-state index is 12.5. The number of allylic oxidation sites excluding steroid dienone is 1. The van der Waals surface area contributed by atoms with E-state index in [-0.39, 0.29) is 23.9 Å². The highest BCUT2D eigenvalue weighted by Gasteiger charge is 2.10. The fourth-order valence-corrected chi connectivity index (χ4v) is 2.65. The Morgan fingerprint density at radius 3 is 2.00 bits per heavy atom. The maximum atomic E-state index is 12.5. The monoisotopic (exact) mass is 395 g/mol. The Balaban J connectivity index is 2.21. The minimum Gasteiger partial charge on any atom is -0.491 e. The van der Waals surface area contributed by atoms with Gasteiger partial charge in [0.05, 0.1) is 12.2 Å². The molecule has 0 saturated carbocycles. The van der Waals surface area contributed by atoms with Gasteiger partial charge in [0.15, 0.2) is 5.78 Å². The van der Waals surface area contributed by atoms with Crippen LogP contribution in [0.15, 0.2) is 48.5 Å². The first-order chi connectivity index (χ1) is 13.7. The Kier molecular flexibility index (Phi) is 7.59. The number of carbonyl (C=O) groups is 2. The molecule has 154 valence electrons. The number of hydrogen-bond acceptors (Lipinski definition) is 4. The van der Waals surface area contributed by atoms with Crippen LogP contribution in [0, 0.1) is 0 Å². The topological polar surface area (TPSA) is 55.8 Å². The van der Waals surface area contributed by atoms with Gasteiger partial charge in [0, 0.05) is 36.9 Å². The molecular formula is C24H29NO4. The summed E-state index contributed by atoms with van der Waals surface area (Å²) in [6, 6.07) is 12.2. The molecule has 0 aromatic heterocycles. The lowest BCUT2D eigenvalue weighted by molar-refractivity contribution is 0.0827. The van der Waals surface area contributed by atoms with Crippen molar-refractivity contribution < 1.29 is 19.1 Å². The standard InChI is InChI=1S/C24H29NO4/c1-16(2)28-21-13-11-19(23(15-21)29-17(3)4)12-14-22(26)18-7-9-20(10-8-18)24(27)25(5)6/h7-17H,1-6H3. The Morgan fingerprint density at radius 1 is 0.862 bits per heavy atom. The molecule has 2 aromatic rings. The van der Waals surface area contributed by atoms with Crippen molar-refractivity contribution in [2.75, 3.05) is 14.1 Å². The predicted molar refractivity (Wildman–Crippen MR) is 116 cm³/mol. The van der Waals surface area contributed by atoms with E-state index in [2.05, 4.69) is 0 Å². The molecule has 0 spiro atoms. The summed E-state index contributed by atoms with van der Waals surface area (Å²) in [6.07, 6.45) is 3.30. The first kappa shape index (κ1) is 22.2. The molecular weight excluding hydrogens is 366 g/mol. The fourth-order valence-electron chi connectivity index (χ4n) is 2.65. The van der Waals surface area contributed by atoms with E-state index < -0.39 is 0 Å². The molecule has 2 rings (SSSR count). The molecule has 0 aliphatic heterocycles. The first-order valence-corrected chi connectivity index (χ1v) is 9.69. The van der Waals surface area contributed by atoms with Crippen LogP contribution in [0.4, 0.5) is 0 Å². The summed E-state index contributed by atoms with van der Waals surface area (Å²) < 4.78 is 11.6. The first-order valence-electron chi connectivity index (χ1n) is 9.69. The van der Waals surface area contributed by atoms with E-state index in [0.29, 0.717) is 16.9 Å². The van der Waals surface area contributed by atoms with Crippen LogP contribution >= 0.6 is 0 Å². The van der Waals surface area contributed by atoms with Gasteiger partial charge in [-0.3, -0.25) is 9.59 Å². The molecule has 0 N–H and O–H groups in total. The summed E-state index contributed by atoms with van der Waals surface area (Å²) in [4.78, 5) is 26.0. The molecule has 0 heterocycles. The van der Waals surface area contributed by atoms with E-state index in [4.69, 9.17) is 9.47 Å². The molecule has 0 unspecified atom stereocenters. The second kappa shape index (κ2) is 9.92. The molecule has 0 aliphatic rings. The number of hydrogen-bond donors (Lipinski definition) is 0. The largest absolute Gasteiger partial charge is 0.491 e. The lowest BCUT2D eigenvalue weighted by atomic mass is 10.1. The van der Waals surface area contributed by atoms with E-state index >= 15 is 0 Å². The molecule has 0 bridgehead atoms. The van der Waals surface area contributed by atoms with Crippen molar-refractivity contribution in [3.8, 4) is 11.5 Å². The lowest BCUT2D eigenvalue weighted by Crippen LogP contribution is -2.21. The molecule has 0 atom stereocenters. The van der Waals surface area contributed by atoms with Crippen molar-refractivity contribution in [1.82, 2.24) is 4.90 Å². The highest BCUT2D eigenvalue weighted by atomic mass is 16.5. The molecule has 0 aliphatic carbocycles. The number of nitrogens with zero attached hydrogens (tertiary/aromatic N) is 1. The third-order valence-corrected chi connectivity index (χ3v) is 3.96. The van der Waals surface area contributed by atoms with E-state index in [9.17, 15) is 9.59 Å². The molecule has 5 heteroatoms. The van der Waals surface area contributed by atoms with Crippen molar-refractivity contribution in [3.63, 3.8) is 0 Å². The van der Waals surface area contributed by atoms with E-state index in [0.717, 1.165) is 11.3 Å². The van der Waals surface area contributed by atoms with Gasteiger partial charge in [0.1, 0.15) is 11.5 Å². The van der Waals surface area contributed by atoms with Crippen LogP contribution in [0.3, 0.4) is 0 Å². The minimum atomic E-state index is -0.146. The SMILES string of the molecule is CC(C)Oc1ccc(C=CC(=O)c2ccc(C(=O)N(C)C)cc2)c(OC(C)C)c1. The van der Waals surface area contributed by atoms with Gasteiger partial charge in [-0.2, -0.15) is 0 Å². The summed E-state index contributed by atoms with van der Waals surface area (Å²) >= 11 is 0. The van der Waals surface area contributed by atoms with Gasteiger partial charge in [-0.15, -0.1) is 0 Å². The van der Waals surface area contributed by atoms with Crippen LogP contribution in [0.5, 0.6) is 11.5 Å². The van der Waals surface area contributed by atoms with Crippen molar-refractivity contribution >= 4 is 17.8 Å². The van der Waals surface area contributed by atoms with Gasteiger partial charge in [-0.05, 0) is 64.1 Å². The molecule has 0 fully saturated rings. The third-order valence-electron chi connectivity index (χ3n) is 3.96. The van der Waals surface area contributed by atoms with Gasteiger partial charge < -0.3 is 14.4 Å². The summed E-state index contributed by atoms with van der Waals surface area (Å²) in [5, 5.41) is 0. The normalized spacial score (nSPS) is 11.2. The molecule has 29 heavy (non-hydrogen) atoms. The number of ether oxygens (including phenoxy) is 2. The Bertz CT molecular complexity index is 880. The maximum Gasteiger partial charge on any atom is 0.253 e. The van der Waals surface area contributed by atoms with Crippen LogP contribution in [0.25, 0.3) is 6.08 Å². The van der Waals surface area contributed by atoms with Crippen molar-refractivity contribution in [2.45, 2.75) is 39.9 Å². The molecule has 5 nitrogen and oxygen atoms in total. The van der Waals surface area contributed by atoms with Crippen LogP contribution in [-0.2, 0) is 0 Å². The van der Waals surface area contributed by atoms with Crippen LogP contribution in [0.2, 0.25) is 0 Å². The Morgan fingerprint density at radius 2 is 1.45 bits per heavy atom. The number of amides is 1. The van der Waals surface area contributed by atoms with Crippen LogP contribution < -0.4 is 9.47 Å². The number of rotatable bonds is 8. The highest BCUT2D eigenvalue weighted by Crippen LogP contribution is 2.28. The summed E-state index contributed by atoms with van der Waals surface area (Å²) in [5.41, 5.74) is 1.86. The van der Waals surface area contributed by atoms with Gasteiger partial charge in [-0.1, -0.05) is 12.1 Å². The fraction of sp³-hybridized carbons (Fsp3) is 0.333. The smallest absolute Gasteiger partial charge is 0.253 e. The summed E-state index contributed by atoms with van der Waals surface area (Å²) in [7, 11) is 3.39. The molecule has 2 aromatic carbocycles. The quantitative estimate of drug-likeness (QED) is 0.473. The van der Waals surface area contributed by atoms with Gasteiger partial charge in [0.25, 0.3) is 5.91 Å². The highest BCUT2D eigenvalue weighted by molar-refractivity contribution is 6.07. The van der Waals surface area contributed by atoms with Crippen molar-refractivity contribution in [2.24, 2.45) is 0 Å². The molecule has 1 amide bonds. The van der Waals surface area contributed by atoms with E-state index in [1.54, 1.807) is 44.4 Å². The van der Waals surface area contributed by atoms with E-state index in [1.807, 2.05) is 45.9 Å². The van der Waals surface area contributed by atoms with Gasteiger partial charge in [0.2, 0.25) is 0 Å². The van der Waals surface area contributed by atoms with Crippen LogP contribution in [-0.4, -0.2) is 42.9 Å². The zero-order chi connectivity index (χ0) is 21.6. The average Bonchev–Trinajstić information content (AvgIpc) is 2.65. The molecule has 0 saturated heterocycles. The van der Waals surface area contributed by atoms with E-state index in [1.165, 1.54) is 11.0 Å². The van der Waals surface area contributed by atoms with Crippen molar-refractivity contribution in [3.05, 3.63) is 65.2 Å². The van der Waals surface area contributed by atoms with Crippen LogP contribution in [0.1, 0.15) is 54.0 Å². The zero-order valence-electron chi connectivity index (χ0n) is 17.9. The molecule has 0 radical (unpaired) electrons. The third kappa shape index (κ3) is 6.49. The number of ketones is 1. The van der Waals surface area contributed by atoms with Gasteiger partial charge >= 0.3 is 0 Å². The summed E-state index contributed by atoms with van der Waals surface area (Å²) in [6.45, 7) is 7.83. The number of benzene rings is 2.